The standard InChI is InChI=1S/C14H22N2O3/c1-15(2)9-14(17)16-8-4-5-12(16)13-7-6-11(19-13)10-18-3/h6-7,12H,4-5,8-10H2,1-3H3. The van der Waals surface area contributed by atoms with Crippen molar-refractivity contribution >= 4 is 5.91 Å². The van der Waals surface area contributed by atoms with Gasteiger partial charge in [0, 0.05) is 13.7 Å². The van der Waals surface area contributed by atoms with Crippen LogP contribution in [-0.2, 0) is 16.1 Å². The number of carbonyl (C=O) groups excluding carboxylic acids is 1. The fraction of sp³-hybridized carbons (Fsp3) is 0.643. The second-order valence-corrected chi connectivity index (χ2v) is 5.22. The molecule has 1 saturated heterocycles. The quantitative estimate of drug-likeness (QED) is 0.813. The molecular weight excluding hydrogens is 244 g/mol. The molecule has 5 nitrogen and oxygen atoms in total. The molecule has 1 aromatic rings. The van der Waals surface area contributed by atoms with E-state index in [1.54, 1.807) is 7.11 Å². The second kappa shape index (κ2) is 6.21. The summed E-state index contributed by atoms with van der Waals surface area (Å²) in [6.07, 6.45) is 2.00. The lowest BCUT2D eigenvalue weighted by atomic mass is 10.1. The average Bonchev–Trinajstić information content (AvgIpc) is 2.95. The summed E-state index contributed by atoms with van der Waals surface area (Å²) in [5.74, 6) is 1.85. The van der Waals surface area contributed by atoms with Crippen molar-refractivity contribution < 1.29 is 13.9 Å². The molecule has 0 radical (unpaired) electrons. The van der Waals surface area contributed by atoms with E-state index in [4.69, 9.17) is 9.15 Å². The Morgan fingerprint density at radius 3 is 3.00 bits per heavy atom. The Labute approximate surface area is 114 Å². The predicted octanol–water partition coefficient (Wildman–Crippen LogP) is 1.65. The number of hydrogen-bond donors (Lipinski definition) is 0. The van der Waals surface area contributed by atoms with Crippen LogP contribution in [0.4, 0.5) is 0 Å². The molecule has 0 bridgehead atoms. The number of likely N-dealkylation sites (tertiary alicyclic amines) is 1. The lowest BCUT2D eigenvalue weighted by molar-refractivity contribution is -0.133. The van der Waals surface area contributed by atoms with Crippen LogP contribution in [0.5, 0.6) is 0 Å². The van der Waals surface area contributed by atoms with Crippen LogP contribution < -0.4 is 0 Å². The first-order valence-corrected chi connectivity index (χ1v) is 6.63. The van der Waals surface area contributed by atoms with E-state index in [0.717, 1.165) is 30.9 Å². The van der Waals surface area contributed by atoms with Crippen LogP contribution in [0.25, 0.3) is 0 Å². The molecule has 1 aliphatic rings. The number of rotatable bonds is 5. The Bertz CT molecular complexity index is 428. The minimum Gasteiger partial charge on any atom is -0.461 e. The first kappa shape index (κ1) is 14.1. The van der Waals surface area contributed by atoms with Crippen LogP contribution in [-0.4, -0.2) is 50.0 Å². The molecule has 1 atom stereocenters. The first-order valence-electron chi connectivity index (χ1n) is 6.63. The number of furan rings is 1. The number of hydrogen-bond acceptors (Lipinski definition) is 4. The molecule has 1 fully saturated rings. The Kier molecular flexibility index (Phi) is 4.61. The maximum atomic E-state index is 12.2. The maximum absolute atomic E-state index is 12.2. The van der Waals surface area contributed by atoms with E-state index in [1.165, 1.54) is 0 Å². The molecule has 2 rings (SSSR count). The predicted molar refractivity (Wildman–Crippen MR) is 71.7 cm³/mol. The molecule has 0 spiro atoms. The van der Waals surface area contributed by atoms with Gasteiger partial charge in [0.1, 0.15) is 18.1 Å². The van der Waals surface area contributed by atoms with Crippen LogP contribution in [0, 0.1) is 0 Å². The summed E-state index contributed by atoms with van der Waals surface area (Å²) in [5, 5.41) is 0. The van der Waals surface area contributed by atoms with E-state index in [2.05, 4.69) is 0 Å². The molecule has 0 aromatic carbocycles. The third kappa shape index (κ3) is 3.36. The summed E-state index contributed by atoms with van der Waals surface area (Å²) >= 11 is 0. The van der Waals surface area contributed by atoms with Crippen LogP contribution in [0.3, 0.4) is 0 Å². The van der Waals surface area contributed by atoms with E-state index >= 15 is 0 Å². The van der Waals surface area contributed by atoms with Gasteiger partial charge < -0.3 is 19.0 Å². The van der Waals surface area contributed by atoms with Crippen molar-refractivity contribution in [2.45, 2.75) is 25.5 Å². The zero-order valence-electron chi connectivity index (χ0n) is 11.9. The Hall–Kier alpha value is -1.33. The lowest BCUT2D eigenvalue weighted by Gasteiger charge is -2.24. The zero-order chi connectivity index (χ0) is 13.8. The molecule has 5 heteroatoms. The van der Waals surface area contributed by atoms with Gasteiger partial charge in [-0.2, -0.15) is 0 Å². The molecule has 0 saturated carbocycles. The Morgan fingerprint density at radius 2 is 2.32 bits per heavy atom. The zero-order valence-corrected chi connectivity index (χ0v) is 11.9. The number of ether oxygens (including phenoxy) is 1. The molecule has 106 valence electrons. The monoisotopic (exact) mass is 266 g/mol. The van der Waals surface area contributed by atoms with Gasteiger partial charge in [-0.25, -0.2) is 0 Å². The van der Waals surface area contributed by atoms with E-state index in [1.807, 2.05) is 36.0 Å². The van der Waals surface area contributed by atoms with Gasteiger partial charge in [0.25, 0.3) is 0 Å². The summed E-state index contributed by atoms with van der Waals surface area (Å²) in [5.41, 5.74) is 0. The molecule has 1 aromatic heterocycles. The minimum absolute atomic E-state index is 0.0815. The number of carbonyl (C=O) groups is 1. The fourth-order valence-corrected chi connectivity index (χ4v) is 2.52. The highest BCUT2D eigenvalue weighted by molar-refractivity contribution is 5.79. The van der Waals surface area contributed by atoms with Crippen LogP contribution in [0.15, 0.2) is 16.5 Å². The topological polar surface area (TPSA) is 45.9 Å². The lowest BCUT2D eigenvalue weighted by Crippen LogP contribution is -2.37. The van der Waals surface area contributed by atoms with Crippen LogP contribution in [0.1, 0.15) is 30.4 Å². The molecular formula is C14H22N2O3. The summed E-state index contributed by atoms with van der Waals surface area (Å²) in [6.45, 7) is 1.73. The van der Waals surface area contributed by atoms with Crippen LogP contribution >= 0.6 is 0 Å². The molecule has 0 aliphatic carbocycles. The summed E-state index contributed by atoms with van der Waals surface area (Å²) < 4.78 is 10.8. The van der Waals surface area contributed by atoms with Gasteiger partial charge in [0.05, 0.1) is 12.6 Å². The molecule has 19 heavy (non-hydrogen) atoms. The second-order valence-electron chi connectivity index (χ2n) is 5.22. The minimum atomic E-state index is 0.0815. The first-order chi connectivity index (χ1) is 9.11. The van der Waals surface area contributed by atoms with Crippen molar-refractivity contribution in [1.82, 2.24) is 9.80 Å². The molecule has 1 amide bonds. The van der Waals surface area contributed by atoms with Gasteiger partial charge in [-0.05, 0) is 39.1 Å². The fourth-order valence-electron chi connectivity index (χ4n) is 2.52. The number of likely N-dealkylation sites (N-methyl/N-ethyl adjacent to an activating group) is 1. The van der Waals surface area contributed by atoms with Gasteiger partial charge in [0.2, 0.25) is 5.91 Å². The van der Waals surface area contributed by atoms with E-state index in [0.29, 0.717) is 13.2 Å². The van der Waals surface area contributed by atoms with E-state index in [-0.39, 0.29) is 11.9 Å². The van der Waals surface area contributed by atoms with Gasteiger partial charge in [-0.15, -0.1) is 0 Å². The van der Waals surface area contributed by atoms with Crippen LogP contribution in [0.2, 0.25) is 0 Å². The smallest absolute Gasteiger partial charge is 0.237 e. The van der Waals surface area contributed by atoms with Crippen molar-refractivity contribution in [3.8, 4) is 0 Å². The highest BCUT2D eigenvalue weighted by atomic mass is 16.5. The Morgan fingerprint density at radius 1 is 1.53 bits per heavy atom. The summed E-state index contributed by atoms with van der Waals surface area (Å²) in [7, 11) is 5.46. The van der Waals surface area contributed by atoms with Crippen molar-refractivity contribution in [3.05, 3.63) is 23.7 Å². The van der Waals surface area contributed by atoms with Gasteiger partial charge in [-0.1, -0.05) is 0 Å². The van der Waals surface area contributed by atoms with Crippen molar-refractivity contribution in [2.24, 2.45) is 0 Å². The molecule has 2 heterocycles. The van der Waals surface area contributed by atoms with E-state index < -0.39 is 0 Å². The van der Waals surface area contributed by atoms with Crippen molar-refractivity contribution in [2.75, 3.05) is 34.3 Å². The number of methoxy groups -OCH3 is 1. The maximum Gasteiger partial charge on any atom is 0.237 e. The summed E-state index contributed by atoms with van der Waals surface area (Å²) in [4.78, 5) is 16.0. The largest absolute Gasteiger partial charge is 0.461 e. The average molecular weight is 266 g/mol. The summed E-state index contributed by atoms with van der Waals surface area (Å²) in [6, 6.07) is 3.96. The normalized spacial score (nSPS) is 19.4. The molecule has 1 unspecified atom stereocenters. The SMILES string of the molecule is COCc1ccc(C2CCCN2C(=O)CN(C)C)o1. The van der Waals surface area contributed by atoms with Gasteiger partial charge in [-0.3, -0.25) is 4.79 Å². The Balaban J connectivity index is 2.06. The number of nitrogens with zero attached hydrogens (tertiary/aromatic N) is 2. The van der Waals surface area contributed by atoms with Crippen molar-refractivity contribution in [1.29, 1.82) is 0 Å². The van der Waals surface area contributed by atoms with Gasteiger partial charge >= 0.3 is 0 Å². The van der Waals surface area contributed by atoms with E-state index in [9.17, 15) is 4.79 Å². The number of amides is 1. The highest BCUT2D eigenvalue weighted by Crippen LogP contribution is 2.33. The molecule has 0 N–H and O–H groups in total. The third-order valence-corrected chi connectivity index (χ3v) is 3.32. The molecule has 1 aliphatic heterocycles. The highest BCUT2D eigenvalue weighted by Gasteiger charge is 2.32. The van der Waals surface area contributed by atoms with Gasteiger partial charge in [0.15, 0.2) is 0 Å². The third-order valence-electron chi connectivity index (χ3n) is 3.32. The van der Waals surface area contributed by atoms with Crippen molar-refractivity contribution in [3.63, 3.8) is 0 Å².